The van der Waals surface area contributed by atoms with E-state index in [2.05, 4.69) is 20.2 Å². The molecule has 0 aliphatic carbocycles. The van der Waals surface area contributed by atoms with Crippen molar-refractivity contribution in [3.05, 3.63) is 66.4 Å². The van der Waals surface area contributed by atoms with Gasteiger partial charge < -0.3 is 14.7 Å². The maximum atomic E-state index is 11.6. The summed E-state index contributed by atoms with van der Waals surface area (Å²) in [6.45, 7) is 1.67. The molecule has 4 aromatic rings. The van der Waals surface area contributed by atoms with Gasteiger partial charge in [-0.15, -0.1) is 10.2 Å². The average molecular weight is 407 g/mol. The van der Waals surface area contributed by atoms with Crippen LogP contribution in [0.4, 0.5) is 5.82 Å². The van der Waals surface area contributed by atoms with E-state index in [1.165, 1.54) is 6.20 Å². The van der Waals surface area contributed by atoms with Crippen molar-refractivity contribution in [1.29, 1.82) is 0 Å². The van der Waals surface area contributed by atoms with E-state index < -0.39 is 16.3 Å². The Balaban J connectivity index is 1.77. The Labute approximate surface area is 169 Å². The molecule has 0 aliphatic rings. The van der Waals surface area contributed by atoms with Crippen LogP contribution in [0.2, 0.25) is 0 Å². The summed E-state index contributed by atoms with van der Waals surface area (Å²) in [7, 11) is 0. The van der Waals surface area contributed by atoms with Gasteiger partial charge in [-0.3, -0.25) is 0 Å². The molecule has 3 N–H and O–H groups in total. The van der Waals surface area contributed by atoms with Gasteiger partial charge in [-0.1, -0.05) is 42.5 Å². The van der Waals surface area contributed by atoms with Gasteiger partial charge >= 0.3 is 0 Å². The molecule has 2 aromatic carbocycles. The van der Waals surface area contributed by atoms with Crippen LogP contribution in [0.5, 0.6) is 0 Å². The van der Waals surface area contributed by atoms with E-state index in [0.717, 1.165) is 5.56 Å². The second kappa shape index (κ2) is 7.90. The third-order valence-corrected chi connectivity index (χ3v) is 5.29. The molecular weight excluding hydrogens is 390 g/mol. The van der Waals surface area contributed by atoms with E-state index in [1.54, 1.807) is 19.1 Å². The maximum absolute atomic E-state index is 11.6. The Morgan fingerprint density at radius 3 is 2.48 bits per heavy atom. The van der Waals surface area contributed by atoms with E-state index in [9.17, 15) is 8.76 Å². The van der Waals surface area contributed by atoms with Crippen molar-refractivity contribution in [2.24, 2.45) is 0 Å². The van der Waals surface area contributed by atoms with E-state index in [4.69, 9.17) is 10.2 Å². The van der Waals surface area contributed by atoms with Crippen LogP contribution in [-0.4, -0.2) is 28.9 Å². The Hall–Kier alpha value is -3.43. The molecule has 4 rings (SSSR count). The third kappa shape index (κ3) is 3.78. The first-order chi connectivity index (χ1) is 14.0. The summed E-state index contributed by atoms with van der Waals surface area (Å²) in [6, 6.07) is 16.6. The lowest BCUT2D eigenvalue weighted by Gasteiger charge is -2.13. The molecule has 0 saturated heterocycles. The highest BCUT2D eigenvalue weighted by molar-refractivity contribution is 7.79. The van der Waals surface area contributed by atoms with Gasteiger partial charge in [0.15, 0.2) is 22.6 Å². The first kappa shape index (κ1) is 18.9. The van der Waals surface area contributed by atoms with Gasteiger partial charge in [0.1, 0.15) is 0 Å². The molecule has 9 heteroatoms. The number of nitrogen functional groups attached to an aromatic ring is 1. The summed E-state index contributed by atoms with van der Waals surface area (Å²) in [6.07, 6.45) is 1.51. The van der Waals surface area contributed by atoms with Gasteiger partial charge in [0.05, 0.1) is 17.1 Å². The van der Waals surface area contributed by atoms with Crippen molar-refractivity contribution in [1.82, 2.24) is 20.2 Å². The van der Waals surface area contributed by atoms with Crippen LogP contribution in [0.3, 0.4) is 0 Å². The molecule has 146 valence electrons. The lowest BCUT2D eigenvalue weighted by Crippen LogP contribution is -2.05. The number of hydrogen-bond donors (Lipinski definition) is 2. The molecule has 0 spiro atoms. The number of aromatic nitrogens is 4. The molecule has 2 heterocycles. The number of nitrogens with two attached hydrogens (primary N) is 1. The van der Waals surface area contributed by atoms with Crippen LogP contribution in [0.1, 0.15) is 17.7 Å². The zero-order valence-electron chi connectivity index (χ0n) is 15.4. The quantitative estimate of drug-likeness (QED) is 0.479. The van der Waals surface area contributed by atoms with E-state index >= 15 is 0 Å². The summed E-state index contributed by atoms with van der Waals surface area (Å²) in [5.41, 5.74) is 8.88. The van der Waals surface area contributed by atoms with Crippen molar-refractivity contribution in [2.75, 3.05) is 5.73 Å². The zero-order valence-corrected chi connectivity index (χ0v) is 16.2. The lowest BCUT2D eigenvalue weighted by molar-refractivity contribution is 0.554. The SMILES string of the molecule is CC(c1ccccc1-c1cnc(N)c(-c2nnc(-c3ccccc3)o2)n1)S(=O)O. The largest absolute Gasteiger partial charge is 0.414 e. The highest BCUT2D eigenvalue weighted by Gasteiger charge is 2.20. The Morgan fingerprint density at radius 2 is 1.72 bits per heavy atom. The molecule has 2 unspecified atom stereocenters. The number of anilines is 1. The number of nitrogens with zero attached hydrogens (tertiary/aromatic N) is 4. The van der Waals surface area contributed by atoms with Crippen molar-refractivity contribution in [3.63, 3.8) is 0 Å². The fourth-order valence-corrected chi connectivity index (χ4v) is 3.32. The van der Waals surface area contributed by atoms with Gasteiger partial charge in [-0.2, -0.15) is 0 Å². The van der Waals surface area contributed by atoms with Crippen molar-refractivity contribution in [2.45, 2.75) is 12.2 Å². The minimum Gasteiger partial charge on any atom is -0.414 e. The number of hydrogen-bond acceptors (Lipinski definition) is 7. The summed E-state index contributed by atoms with van der Waals surface area (Å²) < 4.78 is 26.9. The van der Waals surface area contributed by atoms with Gasteiger partial charge in [0, 0.05) is 11.1 Å². The standard InChI is InChI=1S/C20H17N5O3S/c1-12(29(26)27)14-9-5-6-10-15(14)16-11-22-18(21)17(23-16)20-25-24-19(28-20)13-7-3-2-4-8-13/h2-12H,1H3,(H2,21,22)(H,26,27). The molecule has 0 saturated carbocycles. The van der Waals surface area contributed by atoms with E-state index in [1.807, 2.05) is 42.5 Å². The van der Waals surface area contributed by atoms with Gasteiger partial charge in [-0.25, -0.2) is 14.2 Å². The zero-order chi connectivity index (χ0) is 20.4. The van der Waals surface area contributed by atoms with Crippen LogP contribution in [0.15, 0.2) is 65.2 Å². The summed E-state index contributed by atoms with van der Waals surface area (Å²) in [5, 5.41) is 7.52. The Bertz CT molecular complexity index is 1180. The van der Waals surface area contributed by atoms with Crippen LogP contribution in [-0.2, 0) is 11.1 Å². The van der Waals surface area contributed by atoms with Crippen LogP contribution < -0.4 is 5.73 Å². The Morgan fingerprint density at radius 1 is 1.03 bits per heavy atom. The molecule has 0 bridgehead atoms. The molecule has 0 radical (unpaired) electrons. The van der Waals surface area contributed by atoms with E-state index in [-0.39, 0.29) is 17.4 Å². The number of benzene rings is 2. The van der Waals surface area contributed by atoms with Gasteiger partial charge in [0.25, 0.3) is 5.89 Å². The fourth-order valence-electron chi connectivity index (χ4n) is 2.90. The van der Waals surface area contributed by atoms with Crippen LogP contribution in [0, 0.1) is 0 Å². The highest BCUT2D eigenvalue weighted by atomic mass is 32.2. The predicted molar refractivity (Wildman–Crippen MR) is 110 cm³/mol. The summed E-state index contributed by atoms with van der Waals surface area (Å²) >= 11 is -2.02. The molecule has 0 fully saturated rings. The van der Waals surface area contributed by atoms with E-state index in [0.29, 0.717) is 22.7 Å². The topological polar surface area (TPSA) is 128 Å². The van der Waals surface area contributed by atoms with Crippen molar-refractivity contribution >= 4 is 16.9 Å². The minimum atomic E-state index is -2.02. The van der Waals surface area contributed by atoms with Gasteiger partial charge in [-0.05, 0) is 24.6 Å². The maximum Gasteiger partial charge on any atom is 0.270 e. The first-order valence-corrected chi connectivity index (χ1v) is 9.92. The van der Waals surface area contributed by atoms with Crippen LogP contribution in [0.25, 0.3) is 34.3 Å². The second-order valence-electron chi connectivity index (χ2n) is 6.27. The molecule has 2 aromatic heterocycles. The third-order valence-electron chi connectivity index (χ3n) is 4.43. The molecule has 0 amide bonds. The Kier molecular flexibility index (Phi) is 5.15. The molecular formula is C20H17N5O3S. The predicted octanol–water partition coefficient (Wildman–Crippen LogP) is 3.73. The lowest BCUT2D eigenvalue weighted by atomic mass is 10.0. The smallest absolute Gasteiger partial charge is 0.270 e. The average Bonchev–Trinajstić information content (AvgIpc) is 3.24. The normalized spacial score (nSPS) is 13.2. The van der Waals surface area contributed by atoms with Crippen LogP contribution >= 0.6 is 0 Å². The second-order valence-corrected chi connectivity index (χ2v) is 7.53. The molecule has 2 atom stereocenters. The van der Waals surface area contributed by atoms with Crippen molar-refractivity contribution in [3.8, 4) is 34.3 Å². The molecule has 29 heavy (non-hydrogen) atoms. The summed E-state index contributed by atoms with van der Waals surface area (Å²) in [5.74, 6) is 0.636. The highest BCUT2D eigenvalue weighted by Crippen LogP contribution is 2.32. The fraction of sp³-hybridized carbons (Fsp3) is 0.100. The number of rotatable bonds is 5. The first-order valence-electron chi connectivity index (χ1n) is 8.75. The summed E-state index contributed by atoms with van der Waals surface area (Å²) in [4.78, 5) is 8.77. The monoisotopic (exact) mass is 407 g/mol. The minimum absolute atomic E-state index is 0.145. The molecule has 0 aliphatic heterocycles. The molecule has 8 nitrogen and oxygen atoms in total. The van der Waals surface area contributed by atoms with Gasteiger partial charge in [0.2, 0.25) is 5.89 Å². The van der Waals surface area contributed by atoms with Crippen molar-refractivity contribution < 1.29 is 13.2 Å².